The maximum Gasteiger partial charge on any atom is 0.194 e. The van der Waals surface area contributed by atoms with Crippen molar-refractivity contribution in [3.8, 4) is 10.6 Å². The minimum atomic E-state index is 0.636. The smallest absolute Gasteiger partial charge is 0.194 e. The average molecular weight is 243 g/mol. The summed E-state index contributed by atoms with van der Waals surface area (Å²) in [5.41, 5.74) is 0. The number of aromatic nitrogens is 2. The number of oxazole rings is 1. The molecule has 0 atom stereocenters. The summed E-state index contributed by atoms with van der Waals surface area (Å²) in [5, 5.41) is 1.03. The Labute approximate surface area is 97.1 Å². The van der Waals surface area contributed by atoms with Gasteiger partial charge in [0.15, 0.2) is 11.7 Å². The zero-order chi connectivity index (χ0) is 10.7. The summed E-state index contributed by atoms with van der Waals surface area (Å²) in [5.74, 6) is 2.18. The molecule has 3 nitrogen and oxygen atoms in total. The van der Waals surface area contributed by atoms with Gasteiger partial charge in [0, 0.05) is 18.5 Å². The Morgan fingerprint density at radius 1 is 1.40 bits per heavy atom. The molecule has 80 valence electrons. The summed E-state index contributed by atoms with van der Waals surface area (Å²) in [6, 6.07) is 0. The topological polar surface area (TPSA) is 38.9 Å². The molecule has 0 aliphatic carbocycles. The maximum atomic E-state index is 5.60. The second-order valence-electron chi connectivity index (χ2n) is 3.15. The minimum Gasteiger partial charge on any atom is -0.440 e. The number of rotatable bonds is 4. The Balaban J connectivity index is 2.13. The lowest BCUT2D eigenvalue weighted by Crippen LogP contribution is -1.84. The number of thiazole rings is 1. The molecule has 0 amide bonds. The van der Waals surface area contributed by atoms with Gasteiger partial charge in [-0.25, -0.2) is 9.97 Å². The third-order valence-corrected chi connectivity index (χ3v) is 3.14. The number of alkyl halides is 1. The van der Waals surface area contributed by atoms with Gasteiger partial charge in [0.2, 0.25) is 0 Å². The SMILES string of the molecule is Cc1ncc(-c2cnc(CCCCl)o2)s1. The van der Waals surface area contributed by atoms with Crippen LogP contribution in [-0.4, -0.2) is 15.8 Å². The first-order chi connectivity index (χ1) is 7.29. The van der Waals surface area contributed by atoms with Gasteiger partial charge < -0.3 is 4.42 Å². The van der Waals surface area contributed by atoms with E-state index in [1.807, 2.05) is 13.1 Å². The van der Waals surface area contributed by atoms with Crippen molar-refractivity contribution in [2.75, 3.05) is 5.88 Å². The van der Waals surface area contributed by atoms with Gasteiger partial charge in [-0.1, -0.05) is 0 Å². The van der Waals surface area contributed by atoms with Crippen LogP contribution in [0.2, 0.25) is 0 Å². The quantitative estimate of drug-likeness (QED) is 0.773. The molecule has 0 radical (unpaired) electrons. The highest BCUT2D eigenvalue weighted by molar-refractivity contribution is 7.14. The molecule has 0 bridgehead atoms. The predicted molar refractivity (Wildman–Crippen MR) is 61.4 cm³/mol. The van der Waals surface area contributed by atoms with E-state index in [1.165, 1.54) is 0 Å². The molecule has 2 heterocycles. The molecule has 0 aliphatic heterocycles. The molecule has 2 aromatic rings. The number of nitrogens with zero attached hydrogens (tertiary/aromatic N) is 2. The summed E-state index contributed by atoms with van der Waals surface area (Å²) in [6.07, 6.45) is 5.24. The van der Waals surface area contributed by atoms with E-state index in [2.05, 4.69) is 9.97 Å². The molecule has 0 saturated carbocycles. The molecule has 0 unspecified atom stereocenters. The van der Waals surface area contributed by atoms with Crippen LogP contribution in [0.1, 0.15) is 17.3 Å². The Morgan fingerprint density at radius 3 is 2.93 bits per heavy atom. The van der Waals surface area contributed by atoms with Crippen LogP contribution in [0.25, 0.3) is 10.6 Å². The van der Waals surface area contributed by atoms with Crippen LogP contribution in [0.5, 0.6) is 0 Å². The van der Waals surface area contributed by atoms with Crippen molar-refractivity contribution in [1.29, 1.82) is 0 Å². The Kier molecular flexibility index (Phi) is 3.38. The molecule has 0 aromatic carbocycles. The lowest BCUT2D eigenvalue weighted by molar-refractivity contribution is 0.504. The van der Waals surface area contributed by atoms with E-state index in [0.29, 0.717) is 5.88 Å². The van der Waals surface area contributed by atoms with Gasteiger partial charge in [-0.05, 0) is 13.3 Å². The van der Waals surface area contributed by atoms with E-state index in [0.717, 1.165) is 34.4 Å². The molecule has 15 heavy (non-hydrogen) atoms. The third-order valence-electron chi connectivity index (χ3n) is 1.94. The van der Waals surface area contributed by atoms with Gasteiger partial charge >= 0.3 is 0 Å². The fourth-order valence-corrected chi connectivity index (χ4v) is 2.09. The first-order valence-electron chi connectivity index (χ1n) is 4.73. The zero-order valence-electron chi connectivity index (χ0n) is 8.36. The summed E-state index contributed by atoms with van der Waals surface area (Å²) in [6.45, 7) is 1.97. The van der Waals surface area contributed by atoms with Crippen LogP contribution in [0.15, 0.2) is 16.8 Å². The minimum absolute atomic E-state index is 0.636. The number of hydrogen-bond acceptors (Lipinski definition) is 4. The predicted octanol–water partition coefficient (Wildman–Crippen LogP) is 3.28. The van der Waals surface area contributed by atoms with Crippen LogP contribution >= 0.6 is 22.9 Å². The molecule has 0 saturated heterocycles. The Hall–Kier alpha value is -0.870. The van der Waals surface area contributed by atoms with Crippen LogP contribution in [0, 0.1) is 6.92 Å². The molecule has 0 N–H and O–H groups in total. The lowest BCUT2D eigenvalue weighted by Gasteiger charge is -1.90. The largest absolute Gasteiger partial charge is 0.440 e. The van der Waals surface area contributed by atoms with Gasteiger partial charge in [-0.3, -0.25) is 0 Å². The van der Waals surface area contributed by atoms with E-state index < -0.39 is 0 Å². The van der Waals surface area contributed by atoms with E-state index in [-0.39, 0.29) is 0 Å². The van der Waals surface area contributed by atoms with Crippen LogP contribution in [-0.2, 0) is 6.42 Å². The van der Waals surface area contributed by atoms with Crippen molar-refractivity contribution in [3.63, 3.8) is 0 Å². The summed E-state index contributed by atoms with van der Waals surface area (Å²) in [4.78, 5) is 9.39. The van der Waals surface area contributed by atoms with Crippen molar-refractivity contribution < 1.29 is 4.42 Å². The van der Waals surface area contributed by atoms with E-state index in [1.54, 1.807) is 17.5 Å². The molecule has 0 fully saturated rings. The number of halogens is 1. The highest BCUT2D eigenvalue weighted by Crippen LogP contribution is 2.26. The monoisotopic (exact) mass is 242 g/mol. The van der Waals surface area contributed by atoms with E-state index in [9.17, 15) is 0 Å². The highest BCUT2D eigenvalue weighted by atomic mass is 35.5. The number of hydrogen-bond donors (Lipinski definition) is 0. The summed E-state index contributed by atoms with van der Waals surface area (Å²) >= 11 is 7.21. The van der Waals surface area contributed by atoms with Gasteiger partial charge in [0.05, 0.1) is 16.1 Å². The van der Waals surface area contributed by atoms with Gasteiger partial charge in [-0.2, -0.15) is 0 Å². The summed E-state index contributed by atoms with van der Waals surface area (Å²) < 4.78 is 5.59. The van der Waals surface area contributed by atoms with Crippen LogP contribution in [0.4, 0.5) is 0 Å². The molecule has 0 aliphatic rings. The summed E-state index contributed by atoms with van der Waals surface area (Å²) in [7, 11) is 0. The lowest BCUT2D eigenvalue weighted by atomic mass is 10.3. The molecule has 2 rings (SSSR count). The molecule has 0 spiro atoms. The van der Waals surface area contributed by atoms with E-state index >= 15 is 0 Å². The average Bonchev–Trinajstić information content (AvgIpc) is 2.83. The van der Waals surface area contributed by atoms with E-state index in [4.69, 9.17) is 16.0 Å². The molecular formula is C10H11ClN2OS. The second-order valence-corrected chi connectivity index (χ2v) is 4.77. The van der Waals surface area contributed by atoms with Crippen molar-refractivity contribution in [2.45, 2.75) is 19.8 Å². The van der Waals surface area contributed by atoms with Crippen molar-refractivity contribution >= 4 is 22.9 Å². The Morgan fingerprint density at radius 2 is 2.27 bits per heavy atom. The Bertz CT molecular complexity index is 438. The van der Waals surface area contributed by atoms with Gasteiger partial charge in [-0.15, -0.1) is 22.9 Å². The van der Waals surface area contributed by atoms with Crippen LogP contribution in [0.3, 0.4) is 0 Å². The first kappa shape index (κ1) is 10.6. The van der Waals surface area contributed by atoms with Crippen molar-refractivity contribution in [2.24, 2.45) is 0 Å². The normalized spacial score (nSPS) is 10.8. The maximum absolute atomic E-state index is 5.60. The zero-order valence-corrected chi connectivity index (χ0v) is 9.94. The first-order valence-corrected chi connectivity index (χ1v) is 6.08. The standard InChI is InChI=1S/C10H11ClN2OS/c1-7-12-6-9(15-7)8-5-13-10(14-8)3-2-4-11/h5-6H,2-4H2,1H3. The fraction of sp³-hybridized carbons (Fsp3) is 0.400. The van der Waals surface area contributed by atoms with Crippen LogP contribution < -0.4 is 0 Å². The van der Waals surface area contributed by atoms with Crippen molar-refractivity contribution in [1.82, 2.24) is 9.97 Å². The fourth-order valence-electron chi connectivity index (χ4n) is 1.23. The second kappa shape index (κ2) is 4.77. The van der Waals surface area contributed by atoms with Gasteiger partial charge in [0.25, 0.3) is 0 Å². The molecular weight excluding hydrogens is 232 g/mol. The highest BCUT2D eigenvalue weighted by Gasteiger charge is 2.08. The molecule has 2 aromatic heterocycles. The van der Waals surface area contributed by atoms with Crippen molar-refractivity contribution in [3.05, 3.63) is 23.3 Å². The van der Waals surface area contributed by atoms with Gasteiger partial charge in [0.1, 0.15) is 0 Å². The third kappa shape index (κ3) is 2.58. The number of aryl methyl sites for hydroxylation is 2. The molecule has 5 heteroatoms.